The van der Waals surface area contributed by atoms with Crippen LogP contribution < -0.4 is 4.90 Å². The summed E-state index contributed by atoms with van der Waals surface area (Å²) >= 11 is 3.40. The molecule has 0 aliphatic heterocycles. The first-order valence-electron chi connectivity index (χ1n) is 6.28. The van der Waals surface area contributed by atoms with Gasteiger partial charge in [-0.1, -0.05) is 0 Å². The van der Waals surface area contributed by atoms with Crippen LogP contribution in [-0.4, -0.2) is 23.3 Å². The number of benzene rings is 1. The molecule has 1 aromatic carbocycles. The highest BCUT2D eigenvalue weighted by atomic mass is 32.2. The maximum Gasteiger partial charge on any atom is 0.145 e. The Morgan fingerprint density at radius 3 is 2.55 bits per heavy atom. The summed E-state index contributed by atoms with van der Waals surface area (Å²) in [5.74, 6) is 1.77. The van der Waals surface area contributed by atoms with Crippen LogP contribution in [0.2, 0.25) is 0 Å². The Bertz CT molecular complexity index is 734. The van der Waals surface area contributed by atoms with Crippen LogP contribution >= 0.6 is 23.1 Å². The molecule has 3 rings (SSSR count). The lowest BCUT2D eigenvalue weighted by molar-refractivity contribution is 1.05. The molecule has 5 heteroatoms. The Balaban J connectivity index is 2.06. The van der Waals surface area contributed by atoms with Gasteiger partial charge in [0, 0.05) is 17.6 Å². The van der Waals surface area contributed by atoms with E-state index in [9.17, 15) is 0 Å². The predicted octanol–water partition coefficient (Wildman–Crippen LogP) is 4.49. The summed E-state index contributed by atoms with van der Waals surface area (Å²) in [4.78, 5) is 13.5. The molecule has 0 aliphatic rings. The molecule has 102 valence electrons. The summed E-state index contributed by atoms with van der Waals surface area (Å²) < 4.78 is 0. The maximum absolute atomic E-state index is 4.61. The molecule has 0 saturated heterocycles. The van der Waals surface area contributed by atoms with Crippen LogP contribution in [0.15, 0.2) is 40.6 Å². The van der Waals surface area contributed by atoms with Crippen molar-refractivity contribution < 1.29 is 0 Å². The zero-order valence-corrected chi connectivity index (χ0v) is 13.3. The predicted molar refractivity (Wildman–Crippen MR) is 88.4 cm³/mol. The first-order valence-corrected chi connectivity index (χ1v) is 8.39. The second-order valence-corrected chi connectivity index (χ2v) is 6.27. The van der Waals surface area contributed by atoms with Crippen LogP contribution in [0.5, 0.6) is 0 Å². The van der Waals surface area contributed by atoms with Crippen molar-refractivity contribution in [3.63, 3.8) is 0 Å². The molecule has 3 aromatic rings. The highest BCUT2D eigenvalue weighted by Crippen LogP contribution is 2.31. The fourth-order valence-corrected chi connectivity index (χ4v) is 3.34. The van der Waals surface area contributed by atoms with Gasteiger partial charge in [0.05, 0.1) is 5.39 Å². The molecule has 20 heavy (non-hydrogen) atoms. The van der Waals surface area contributed by atoms with E-state index >= 15 is 0 Å². The van der Waals surface area contributed by atoms with E-state index < -0.39 is 0 Å². The van der Waals surface area contributed by atoms with Gasteiger partial charge in [-0.05, 0) is 48.9 Å². The molecule has 0 unspecified atom stereocenters. The molecule has 0 aliphatic carbocycles. The van der Waals surface area contributed by atoms with Crippen molar-refractivity contribution in [3.05, 3.63) is 41.5 Å². The van der Waals surface area contributed by atoms with Gasteiger partial charge >= 0.3 is 0 Å². The van der Waals surface area contributed by atoms with Crippen LogP contribution in [-0.2, 0) is 0 Å². The SMILES string of the molecule is CSc1ccc(N(C)c2nc(C)nc3sccc23)cc1. The second-order valence-electron chi connectivity index (χ2n) is 4.49. The molecule has 0 N–H and O–H groups in total. The Hall–Kier alpha value is -1.59. The van der Waals surface area contributed by atoms with Crippen LogP contribution in [0.4, 0.5) is 11.5 Å². The summed E-state index contributed by atoms with van der Waals surface area (Å²) in [6.07, 6.45) is 2.08. The van der Waals surface area contributed by atoms with E-state index in [1.807, 2.05) is 14.0 Å². The lowest BCUT2D eigenvalue weighted by atomic mass is 10.2. The second kappa shape index (κ2) is 5.42. The Labute approximate surface area is 126 Å². The van der Waals surface area contributed by atoms with Crippen molar-refractivity contribution >= 4 is 44.8 Å². The van der Waals surface area contributed by atoms with Crippen molar-refractivity contribution in [2.45, 2.75) is 11.8 Å². The standard InChI is InChI=1S/C15H15N3S2/c1-10-16-14(13-8-9-20-15(13)17-10)18(2)11-4-6-12(19-3)7-5-11/h4-9H,1-3H3. The highest BCUT2D eigenvalue weighted by Gasteiger charge is 2.12. The van der Waals surface area contributed by atoms with Gasteiger partial charge in [0.15, 0.2) is 0 Å². The average molecular weight is 301 g/mol. The van der Waals surface area contributed by atoms with E-state index in [0.29, 0.717) is 0 Å². The van der Waals surface area contributed by atoms with Crippen LogP contribution in [0.3, 0.4) is 0 Å². The van der Waals surface area contributed by atoms with E-state index in [4.69, 9.17) is 0 Å². The third kappa shape index (κ3) is 2.39. The van der Waals surface area contributed by atoms with Crippen LogP contribution in [0.1, 0.15) is 5.82 Å². The molecule has 2 aromatic heterocycles. The highest BCUT2D eigenvalue weighted by molar-refractivity contribution is 7.98. The van der Waals surface area contributed by atoms with Gasteiger partial charge in [-0.3, -0.25) is 0 Å². The number of aryl methyl sites for hydroxylation is 1. The topological polar surface area (TPSA) is 29.0 Å². The number of hydrogen-bond acceptors (Lipinski definition) is 5. The molecular formula is C15H15N3S2. The summed E-state index contributed by atoms with van der Waals surface area (Å²) in [5.41, 5.74) is 1.13. The van der Waals surface area contributed by atoms with Crippen LogP contribution in [0.25, 0.3) is 10.2 Å². The lowest BCUT2D eigenvalue weighted by Crippen LogP contribution is -2.12. The first-order chi connectivity index (χ1) is 9.69. The number of fused-ring (bicyclic) bond motifs is 1. The summed E-state index contributed by atoms with van der Waals surface area (Å²) in [6.45, 7) is 1.94. The molecule has 0 saturated carbocycles. The van der Waals surface area contributed by atoms with Gasteiger partial charge in [0.2, 0.25) is 0 Å². The molecule has 3 nitrogen and oxygen atoms in total. The van der Waals surface area contributed by atoms with Crippen molar-refractivity contribution in [2.24, 2.45) is 0 Å². The monoisotopic (exact) mass is 301 g/mol. The fourth-order valence-electron chi connectivity index (χ4n) is 2.13. The Kier molecular flexibility index (Phi) is 3.63. The minimum atomic E-state index is 0.808. The molecule has 0 atom stereocenters. The Morgan fingerprint density at radius 2 is 1.85 bits per heavy atom. The largest absolute Gasteiger partial charge is 0.329 e. The average Bonchev–Trinajstić information content (AvgIpc) is 2.94. The number of hydrogen-bond donors (Lipinski definition) is 0. The maximum atomic E-state index is 4.61. The number of anilines is 2. The molecule has 0 spiro atoms. The third-order valence-corrected chi connectivity index (χ3v) is 4.74. The number of thioether (sulfide) groups is 1. The number of thiophene rings is 1. The van der Waals surface area contributed by atoms with E-state index in [0.717, 1.165) is 27.5 Å². The summed E-state index contributed by atoms with van der Waals surface area (Å²) in [6, 6.07) is 10.6. The van der Waals surface area contributed by atoms with E-state index in [1.165, 1.54) is 4.90 Å². The van der Waals surface area contributed by atoms with Gasteiger partial charge in [0.25, 0.3) is 0 Å². The van der Waals surface area contributed by atoms with Gasteiger partial charge < -0.3 is 4.90 Å². The zero-order chi connectivity index (χ0) is 14.1. The molecule has 2 heterocycles. The number of nitrogens with zero attached hydrogens (tertiary/aromatic N) is 3. The molecule has 0 amide bonds. The minimum Gasteiger partial charge on any atom is -0.329 e. The quantitative estimate of drug-likeness (QED) is 0.667. The zero-order valence-electron chi connectivity index (χ0n) is 11.6. The molecule has 0 bridgehead atoms. The summed E-state index contributed by atoms with van der Waals surface area (Å²) in [7, 11) is 2.05. The van der Waals surface area contributed by atoms with Gasteiger partial charge in [0.1, 0.15) is 16.5 Å². The number of rotatable bonds is 3. The van der Waals surface area contributed by atoms with Crippen molar-refractivity contribution in [3.8, 4) is 0 Å². The van der Waals surface area contributed by atoms with Crippen molar-refractivity contribution in [1.29, 1.82) is 0 Å². The number of aromatic nitrogens is 2. The van der Waals surface area contributed by atoms with E-state index in [2.05, 4.69) is 56.8 Å². The normalized spacial score (nSPS) is 10.9. The molecular weight excluding hydrogens is 286 g/mol. The Morgan fingerprint density at radius 1 is 1.10 bits per heavy atom. The van der Waals surface area contributed by atoms with Gasteiger partial charge in [-0.15, -0.1) is 23.1 Å². The van der Waals surface area contributed by atoms with Gasteiger partial charge in [-0.2, -0.15) is 0 Å². The van der Waals surface area contributed by atoms with Crippen molar-refractivity contribution in [1.82, 2.24) is 9.97 Å². The van der Waals surface area contributed by atoms with Gasteiger partial charge in [-0.25, -0.2) is 9.97 Å². The van der Waals surface area contributed by atoms with Crippen molar-refractivity contribution in [2.75, 3.05) is 18.2 Å². The summed E-state index contributed by atoms with van der Waals surface area (Å²) in [5, 5.41) is 3.17. The lowest BCUT2D eigenvalue weighted by Gasteiger charge is -2.19. The molecule has 0 fully saturated rings. The minimum absolute atomic E-state index is 0.808. The fraction of sp³-hybridized carbons (Fsp3) is 0.200. The van der Waals surface area contributed by atoms with E-state index in [-0.39, 0.29) is 0 Å². The smallest absolute Gasteiger partial charge is 0.145 e. The van der Waals surface area contributed by atoms with Crippen LogP contribution in [0, 0.1) is 6.92 Å². The molecule has 0 radical (unpaired) electrons. The van der Waals surface area contributed by atoms with E-state index in [1.54, 1.807) is 23.1 Å². The first kappa shape index (κ1) is 13.4. The third-order valence-electron chi connectivity index (χ3n) is 3.19.